The Bertz CT molecular complexity index is 1130. The van der Waals surface area contributed by atoms with Crippen molar-refractivity contribution in [3.05, 3.63) is 28.8 Å². The Morgan fingerprint density at radius 3 is 2.42 bits per heavy atom. The van der Waals surface area contributed by atoms with Gasteiger partial charge in [0.2, 0.25) is 11.7 Å². The lowest BCUT2D eigenvalue weighted by Gasteiger charge is -2.48. The number of nitrogens with zero attached hydrogens (tertiary/aromatic N) is 2. The fraction of sp³-hybridized carbons (Fsp3) is 0.607. The highest BCUT2D eigenvalue weighted by molar-refractivity contribution is 6.24. The molecule has 0 heterocycles. The predicted octanol–water partition coefficient (Wildman–Crippen LogP) is 1.31. The summed E-state index contributed by atoms with van der Waals surface area (Å²) in [5.41, 5.74) is 4.68. The molecule has 1 saturated carbocycles. The van der Waals surface area contributed by atoms with Crippen molar-refractivity contribution in [2.75, 3.05) is 46.3 Å². The van der Waals surface area contributed by atoms with Crippen LogP contribution < -0.4 is 15.4 Å². The Kier molecular flexibility index (Phi) is 8.90. The van der Waals surface area contributed by atoms with Gasteiger partial charge in [-0.2, -0.15) is 0 Å². The first-order chi connectivity index (χ1) is 17.8. The molecule has 0 bridgehead atoms. The highest BCUT2D eigenvalue weighted by Crippen LogP contribution is 2.51. The first-order valence-corrected chi connectivity index (χ1v) is 13.1. The third-order valence-electron chi connectivity index (χ3n) is 8.01. The third-order valence-corrected chi connectivity index (χ3v) is 8.01. The summed E-state index contributed by atoms with van der Waals surface area (Å²) in [6.45, 7) is 3.27. The molecule has 10 heteroatoms. The maximum atomic E-state index is 14.1. The summed E-state index contributed by atoms with van der Waals surface area (Å²) in [5, 5.41) is 33.7. The summed E-state index contributed by atoms with van der Waals surface area (Å²) in [6, 6.07) is 2.89. The average molecular weight is 532 g/mol. The number of hydrogen-bond acceptors (Lipinski definition) is 9. The molecule has 5 atom stereocenters. The van der Waals surface area contributed by atoms with Gasteiger partial charge < -0.3 is 35.6 Å². The Labute approximate surface area is 224 Å². The number of aliphatic hydroxyl groups excluding tert-OH is 2. The number of amides is 1. The number of nitrogens with two attached hydrogens (primary N) is 1. The van der Waals surface area contributed by atoms with E-state index in [-0.39, 0.29) is 17.8 Å². The molecule has 2 unspecified atom stereocenters. The Morgan fingerprint density at radius 1 is 1.24 bits per heavy atom. The van der Waals surface area contributed by atoms with Gasteiger partial charge in [-0.1, -0.05) is 13.3 Å². The molecule has 1 aromatic carbocycles. The molecule has 1 fully saturated rings. The average Bonchev–Trinajstić information content (AvgIpc) is 2.85. The zero-order valence-corrected chi connectivity index (χ0v) is 23.2. The number of ether oxygens (including phenoxy) is 1. The summed E-state index contributed by atoms with van der Waals surface area (Å²) < 4.78 is 5.99. The number of Topliss-reactive ketones (excluding diaryl/α,β-unsaturated/α-hetero) is 2. The molecule has 2 aliphatic carbocycles. The van der Waals surface area contributed by atoms with E-state index < -0.39 is 53.5 Å². The van der Waals surface area contributed by atoms with E-state index in [1.54, 1.807) is 25.1 Å². The molecule has 10 nitrogen and oxygen atoms in total. The lowest BCUT2D eigenvalue weighted by Crippen LogP contribution is -2.65. The molecule has 38 heavy (non-hydrogen) atoms. The van der Waals surface area contributed by atoms with Crippen molar-refractivity contribution in [1.29, 1.82) is 0 Å². The zero-order valence-electron chi connectivity index (χ0n) is 23.2. The van der Waals surface area contributed by atoms with Crippen LogP contribution in [-0.2, 0) is 20.8 Å². The van der Waals surface area contributed by atoms with Crippen LogP contribution in [-0.4, -0.2) is 90.7 Å². The minimum Gasteiger partial charge on any atom is -0.507 e. The second kappa shape index (κ2) is 11.4. The van der Waals surface area contributed by atoms with E-state index in [1.165, 1.54) is 6.92 Å². The maximum absolute atomic E-state index is 14.1. The molecule has 0 radical (unpaired) electrons. The number of carbonyl (C=O) groups is 3. The lowest BCUT2D eigenvalue weighted by molar-refractivity contribution is -0.166. The highest BCUT2D eigenvalue weighted by atomic mass is 16.5. The van der Waals surface area contributed by atoms with Crippen LogP contribution in [0.5, 0.6) is 5.75 Å². The number of fused-ring (bicyclic) bond motifs is 2. The van der Waals surface area contributed by atoms with Gasteiger partial charge in [0.15, 0.2) is 11.4 Å². The number of aliphatic hydroxyl groups is 3. The first-order valence-electron chi connectivity index (χ1n) is 13.1. The van der Waals surface area contributed by atoms with E-state index in [4.69, 9.17) is 10.5 Å². The van der Waals surface area contributed by atoms with E-state index in [1.807, 2.05) is 32.0 Å². The van der Waals surface area contributed by atoms with Crippen LogP contribution in [0.4, 0.5) is 5.69 Å². The highest BCUT2D eigenvalue weighted by Gasteiger charge is 2.61. The van der Waals surface area contributed by atoms with Gasteiger partial charge in [0.05, 0.1) is 24.7 Å². The van der Waals surface area contributed by atoms with E-state index >= 15 is 0 Å². The maximum Gasteiger partial charge on any atom is 0.227 e. The molecule has 1 aromatic rings. The van der Waals surface area contributed by atoms with E-state index in [9.17, 15) is 29.7 Å². The normalized spacial score (nSPS) is 24.5. The molecular formula is C28H41N3O7. The van der Waals surface area contributed by atoms with Gasteiger partial charge in [0.1, 0.15) is 11.5 Å². The van der Waals surface area contributed by atoms with Crippen molar-refractivity contribution < 1.29 is 34.4 Å². The fourth-order valence-electron chi connectivity index (χ4n) is 5.81. The molecule has 1 amide bonds. The molecule has 5 N–H and O–H groups in total. The molecule has 0 aliphatic heterocycles. The second-order valence-electron chi connectivity index (χ2n) is 10.8. The van der Waals surface area contributed by atoms with Crippen LogP contribution in [0.25, 0.3) is 5.76 Å². The van der Waals surface area contributed by atoms with Gasteiger partial charge in [-0.15, -0.1) is 0 Å². The number of unbranched alkanes of at least 4 members (excludes halogenated alkanes) is 1. The number of benzene rings is 1. The Balaban J connectivity index is 2.27. The minimum atomic E-state index is -2.66. The lowest BCUT2D eigenvalue weighted by atomic mass is 9.59. The number of likely N-dealkylation sites (N-methyl/N-ethyl adjacent to an activating group) is 1. The Hall–Kier alpha value is -2.95. The van der Waals surface area contributed by atoms with Crippen LogP contribution >= 0.6 is 0 Å². The van der Waals surface area contributed by atoms with Gasteiger partial charge in [-0.25, -0.2) is 0 Å². The summed E-state index contributed by atoms with van der Waals surface area (Å²) >= 11 is 0. The topological polar surface area (TPSA) is 154 Å². The van der Waals surface area contributed by atoms with Crippen molar-refractivity contribution >= 4 is 28.9 Å². The molecule has 0 saturated heterocycles. The standard InChI is InChI=1S/C28H41N3O7/c1-7-8-11-38-21-10-9-19(30(3)4)17-12-16-13-18(20(14-32)31(5)6)28(37,25(34)15(2)27(29)36)26(35)22(16)24(33)23(17)21/h9-10,15-16,18,20,32-33,37H,7-8,11-14H2,1-6H3,(H2,29,36)/t15?,16-,18-,20+,28?/m0/s1. The smallest absolute Gasteiger partial charge is 0.227 e. The van der Waals surface area contributed by atoms with Crippen LogP contribution in [0.3, 0.4) is 0 Å². The molecule has 0 spiro atoms. The summed E-state index contributed by atoms with van der Waals surface area (Å²) in [6.07, 6.45) is 2.20. The van der Waals surface area contributed by atoms with Crippen molar-refractivity contribution in [1.82, 2.24) is 4.90 Å². The number of primary amides is 1. The number of rotatable bonds is 11. The van der Waals surface area contributed by atoms with Crippen molar-refractivity contribution in [3.63, 3.8) is 0 Å². The fourth-order valence-corrected chi connectivity index (χ4v) is 5.81. The second-order valence-corrected chi connectivity index (χ2v) is 10.8. The summed E-state index contributed by atoms with van der Waals surface area (Å²) in [4.78, 5) is 43.1. The van der Waals surface area contributed by atoms with Crippen LogP contribution in [0, 0.1) is 17.8 Å². The van der Waals surface area contributed by atoms with Crippen molar-refractivity contribution in [3.8, 4) is 5.75 Å². The van der Waals surface area contributed by atoms with E-state index in [0.717, 1.165) is 24.1 Å². The minimum absolute atomic E-state index is 0.0621. The monoisotopic (exact) mass is 531 g/mol. The SMILES string of the molecule is CCCCOc1ccc(N(C)C)c2c1C(O)=C1C(=O)C(O)(C(=O)C(C)C(N)=O)[C@H]([C@@H](CO)N(C)C)C[C@@H]1C2. The quantitative estimate of drug-likeness (QED) is 0.244. The zero-order chi connectivity index (χ0) is 28.5. The van der Waals surface area contributed by atoms with Crippen molar-refractivity contribution in [2.24, 2.45) is 23.5 Å². The largest absolute Gasteiger partial charge is 0.507 e. The molecule has 210 valence electrons. The molecule has 0 aromatic heterocycles. The van der Waals surface area contributed by atoms with Gasteiger partial charge in [-0.05, 0) is 63.9 Å². The van der Waals surface area contributed by atoms with Gasteiger partial charge in [0, 0.05) is 37.3 Å². The molecular weight excluding hydrogens is 490 g/mol. The summed E-state index contributed by atoms with van der Waals surface area (Å²) in [7, 11) is 7.12. The van der Waals surface area contributed by atoms with E-state index in [2.05, 4.69) is 0 Å². The third kappa shape index (κ3) is 4.92. The van der Waals surface area contributed by atoms with Gasteiger partial charge in [0.25, 0.3) is 0 Å². The summed E-state index contributed by atoms with van der Waals surface area (Å²) in [5.74, 6) is -5.91. The first kappa shape index (κ1) is 29.6. The van der Waals surface area contributed by atoms with Crippen LogP contribution in [0.2, 0.25) is 0 Å². The predicted molar refractivity (Wildman–Crippen MR) is 144 cm³/mol. The molecule has 2 aliphatic rings. The van der Waals surface area contributed by atoms with Crippen molar-refractivity contribution in [2.45, 2.75) is 51.2 Å². The van der Waals surface area contributed by atoms with E-state index in [0.29, 0.717) is 24.3 Å². The van der Waals surface area contributed by atoms with Gasteiger partial charge >= 0.3 is 0 Å². The number of anilines is 1. The molecule has 3 rings (SSSR count). The van der Waals surface area contributed by atoms with Gasteiger partial charge in [-0.3, -0.25) is 14.4 Å². The van der Waals surface area contributed by atoms with Crippen LogP contribution in [0.15, 0.2) is 17.7 Å². The number of carbonyl (C=O) groups excluding carboxylic acids is 3. The number of ketones is 2. The Morgan fingerprint density at radius 2 is 1.89 bits per heavy atom. The number of hydrogen-bond donors (Lipinski definition) is 4. The van der Waals surface area contributed by atoms with Crippen LogP contribution in [0.1, 0.15) is 44.2 Å².